The maximum Gasteiger partial charge on any atom is 0.308 e. The monoisotopic (exact) mass is 380 g/mol. The van der Waals surface area contributed by atoms with Crippen LogP contribution in [-0.2, 0) is 26.0 Å². The molecule has 0 atom stereocenters. The van der Waals surface area contributed by atoms with Crippen LogP contribution >= 0.6 is 0 Å². The first-order chi connectivity index (χ1) is 12.3. The van der Waals surface area contributed by atoms with Gasteiger partial charge in [0.2, 0.25) is 10.0 Å². The molecule has 0 N–H and O–H groups in total. The maximum absolute atomic E-state index is 12.8. The number of sulfonamides is 1. The van der Waals surface area contributed by atoms with E-state index in [0.717, 1.165) is 18.4 Å². The van der Waals surface area contributed by atoms with Gasteiger partial charge in [0.05, 0.1) is 25.0 Å². The molecule has 0 aliphatic carbocycles. The van der Waals surface area contributed by atoms with E-state index in [2.05, 4.69) is 0 Å². The van der Waals surface area contributed by atoms with Gasteiger partial charge in [-0.2, -0.15) is 0 Å². The summed E-state index contributed by atoms with van der Waals surface area (Å²) in [5.74, 6) is -0.435. The van der Waals surface area contributed by atoms with E-state index in [1.54, 1.807) is 23.1 Å². The minimum absolute atomic E-state index is 0.0763. The first-order valence-corrected chi connectivity index (χ1v) is 10.6. The van der Waals surface area contributed by atoms with E-state index >= 15 is 0 Å². The van der Waals surface area contributed by atoms with Gasteiger partial charge < -0.3 is 9.64 Å². The molecular formula is C18H24N2O5S. The lowest BCUT2D eigenvalue weighted by Gasteiger charge is -2.32. The molecular weight excluding hydrogens is 356 g/mol. The van der Waals surface area contributed by atoms with Crippen LogP contribution in [-0.4, -0.2) is 58.2 Å². The Bertz CT molecular complexity index is 813. The van der Waals surface area contributed by atoms with Crippen LogP contribution in [0.2, 0.25) is 0 Å². The van der Waals surface area contributed by atoms with Crippen molar-refractivity contribution in [3.8, 4) is 0 Å². The number of aryl methyl sites for hydroxylation is 1. The van der Waals surface area contributed by atoms with Gasteiger partial charge in [-0.15, -0.1) is 0 Å². The van der Waals surface area contributed by atoms with Crippen molar-refractivity contribution < 1.29 is 22.7 Å². The number of fused-ring (bicyclic) bond motifs is 1. The third-order valence-electron chi connectivity index (χ3n) is 5.12. The van der Waals surface area contributed by atoms with Crippen LogP contribution in [0.1, 0.15) is 35.2 Å². The smallest absolute Gasteiger partial charge is 0.308 e. The molecule has 1 aromatic carbocycles. The lowest BCUT2D eigenvalue weighted by molar-refractivity contribution is -0.146. The molecule has 0 saturated carbocycles. The number of methoxy groups -OCH3 is 1. The number of benzene rings is 1. The van der Waals surface area contributed by atoms with E-state index in [1.165, 1.54) is 17.7 Å². The number of piperidine rings is 1. The van der Waals surface area contributed by atoms with Crippen molar-refractivity contribution >= 4 is 27.6 Å². The topological polar surface area (TPSA) is 84.0 Å². The van der Waals surface area contributed by atoms with Gasteiger partial charge in [0, 0.05) is 25.2 Å². The molecule has 2 aliphatic heterocycles. The maximum atomic E-state index is 12.8. The van der Waals surface area contributed by atoms with Gasteiger partial charge in [-0.1, -0.05) is 0 Å². The van der Waals surface area contributed by atoms with Crippen LogP contribution in [0.25, 0.3) is 0 Å². The SMILES string of the molecule is COC(=O)C1CCN(C(=O)c2ccc3c(c2)CCCN3S(C)(=O)=O)CC1. The van der Waals surface area contributed by atoms with Crippen molar-refractivity contribution in [1.29, 1.82) is 0 Å². The summed E-state index contributed by atoms with van der Waals surface area (Å²) < 4.78 is 30.1. The lowest BCUT2D eigenvalue weighted by atomic mass is 9.95. The minimum Gasteiger partial charge on any atom is -0.469 e. The molecule has 0 spiro atoms. The number of hydrogen-bond donors (Lipinski definition) is 0. The van der Waals surface area contributed by atoms with Crippen LogP contribution < -0.4 is 4.31 Å². The molecule has 1 saturated heterocycles. The van der Waals surface area contributed by atoms with E-state index in [4.69, 9.17) is 4.74 Å². The molecule has 26 heavy (non-hydrogen) atoms. The lowest BCUT2D eigenvalue weighted by Crippen LogP contribution is -2.40. The third kappa shape index (κ3) is 3.70. The second kappa shape index (κ2) is 7.26. The molecule has 0 aromatic heterocycles. The number of rotatable bonds is 3. The molecule has 2 aliphatic rings. The first kappa shape index (κ1) is 18.7. The minimum atomic E-state index is -3.32. The summed E-state index contributed by atoms with van der Waals surface area (Å²) in [6.07, 6.45) is 3.90. The Labute approximate surface area is 154 Å². The summed E-state index contributed by atoms with van der Waals surface area (Å²) in [6, 6.07) is 5.22. The highest BCUT2D eigenvalue weighted by atomic mass is 32.2. The number of carbonyl (C=O) groups excluding carboxylic acids is 2. The Kier molecular flexibility index (Phi) is 5.22. The number of carbonyl (C=O) groups is 2. The average molecular weight is 380 g/mol. The van der Waals surface area contributed by atoms with Gasteiger partial charge in [0.15, 0.2) is 0 Å². The standard InChI is InChI=1S/C18H24N2O5S/c1-25-18(22)13-7-10-19(11-8-13)17(21)15-5-6-16-14(12-15)4-3-9-20(16)26(2,23)24/h5-6,12-13H,3-4,7-11H2,1-2H3. The van der Waals surface area contributed by atoms with E-state index < -0.39 is 10.0 Å². The number of ether oxygens (including phenoxy) is 1. The van der Waals surface area contributed by atoms with Crippen molar-refractivity contribution in [2.24, 2.45) is 5.92 Å². The number of amides is 1. The van der Waals surface area contributed by atoms with Crippen LogP contribution in [0.5, 0.6) is 0 Å². The average Bonchev–Trinajstić information content (AvgIpc) is 2.65. The van der Waals surface area contributed by atoms with Gasteiger partial charge in [0.25, 0.3) is 5.91 Å². The van der Waals surface area contributed by atoms with Crippen molar-refractivity contribution in [2.75, 3.05) is 37.3 Å². The molecule has 7 nitrogen and oxygen atoms in total. The Morgan fingerprint density at radius 2 is 1.85 bits per heavy atom. The van der Waals surface area contributed by atoms with Gasteiger partial charge in [-0.05, 0) is 49.4 Å². The zero-order chi connectivity index (χ0) is 18.9. The Balaban J connectivity index is 1.75. The van der Waals surface area contributed by atoms with Crippen LogP contribution in [0.15, 0.2) is 18.2 Å². The second-order valence-electron chi connectivity index (χ2n) is 6.87. The van der Waals surface area contributed by atoms with Crippen molar-refractivity contribution in [2.45, 2.75) is 25.7 Å². The Morgan fingerprint density at radius 3 is 2.46 bits per heavy atom. The molecule has 0 bridgehead atoms. The summed E-state index contributed by atoms with van der Waals surface area (Å²) in [6.45, 7) is 1.51. The second-order valence-corrected chi connectivity index (χ2v) is 8.78. The van der Waals surface area contributed by atoms with Gasteiger partial charge >= 0.3 is 5.97 Å². The van der Waals surface area contributed by atoms with E-state index in [9.17, 15) is 18.0 Å². The normalized spacial score (nSPS) is 18.4. The highest BCUT2D eigenvalue weighted by molar-refractivity contribution is 7.92. The Morgan fingerprint density at radius 1 is 1.15 bits per heavy atom. The van der Waals surface area contributed by atoms with Crippen molar-refractivity contribution in [3.05, 3.63) is 29.3 Å². The third-order valence-corrected chi connectivity index (χ3v) is 6.30. The van der Waals surface area contributed by atoms with Crippen molar-refractivity contribution in [1.82, 2.24) is 4.90 Å². The zero-order valence-electron chi connectivity index (χ0n) is 15.1. The highest BCUT2D eigenvalue weighted by Crippen LogP contribution is 2.30. The van der Waals surface area contributed by atoms with E-state index in [0.29, 0.717) is 43.7 Å². The predicted molar refractivity (Wildman–Crippen MR) is 97.6 cm³/mol. The Hall–Kier alpha value is -2.09. The number of likely N-dealkylation sites (tertiary alicyclic amines) is 1. The van der Waals surface area contributed by atoms with Gasteiger partial charge in [-0.3, -0.25) is 13.9 Å². The van der Waals surface area contributed by atoms with Crippen LogP contribution in [0.4, 0.5) is 5.69 Å². The fraction of sp³-hybridized carbons (Fsp3) is 0.556. The summed E-state index contributed by atoms with van der Waals surface area (Å²) in [5.41, 5.74) is 2.12. The predicted octanol–water partition coefficient (Wildman–Crippen LogP) is 1.42. The fourth-order valence-corrected chi connectivity index (χ4v) is 4.70. The molecule has 142 valence electrons. The molecule has 1 aromatic rings. The quantitative estimate of drug-likeness (QED) is 0.741. The number of anilines is 1. The van der Waals surface area contributed by atoms with E-state index in [-0.39, 0.29) is 17.8 Å². The van der Waals surface area contributed by atoms with Crippen molar-refractivity contribution in [3.63, 3.8) is 0 Å². The molecule has 0 unspecified atom stereocenters. The molecule has 0 radical (unpaired) electrons. The molecule has 1 fully saturated rings. The summed E-state index contributed by atoms with van der Waals surface area (Å²) in [5, 5.41) is 0. The van der Waals surface area contributed by atoms with E-state index in [1.807, 2.05) is 0 Å². The van der Waals surface area contributed by atoms with Crippen LogP contribution in [0.3, 0.4) is 0 Å². The highest BCUT2D eigenvalue weighted by Gasteiger charge is 2.29. The number of esters is 1. The molecule has 1 amide bonds. The first-order valence-electron chi connectivity index (χ1n) is 8.79. The molecule has 2 heterocycles. The fourth-order valence-electron chi connectivity index (χ4n) is 3.71. The van der Waals surface area contributed by atoms with Crippen LogP contribution in [0, 0.1) is 5.92 Å². The summed E-state index contributed by atoms with van der Waals surface area (Å²) in [7, 11) is -1.93. The zero-order valence-corrected chi connectivity index (χ0v) is 15.9. The number of hydrogen-bond acceptors (Lipinski definition) is 5. The van der Waals surface area contributed by atoms with Gasteiger partial charge in [-0.25, -0.2) is 8.42 Å². The largest absolute Gasteiger partial charge is 0.469 e. The molecule has 8 heteroatoms. The summed E-state index contributed by atoms with van der Waals surface area (Å²) in [4.78, 5) is 26.1. The number of nitrogens with zero attached hydrogens (tertiary/aromatic N) is 2. The summed E-state index contributed by atoms with van der Waals surface area (Å²) >= 11 is 0. The molecule has 3 rings (SSSR count). The van der Waals surface area contributed by atoms with Gasteiger partial charge in [0.1, 0.15) is 0 Å².